The number of halogens is 1. The summed E-state index contributed by atoms with van der Waals surface area (Å²) in [5.41, 5.74) is 1.65. The van der Waals surface area contributed by atoms with Crippen LogP contribution in [-0.4, -0.2) is 35.5 Å². The number of morpholine rings is 1. The summed E-state index contributed by atoms with van der Waals surface area (Å²) in [5.74, 6) is -0.270. The third kappa shape index (κ3) is 3.49. The quantitative estimate of drug-likeness (QED) is 0.874. The van der Waals surface area contributed by atoms with E-state index < -0.39 is 0 Å². The molecule has 3 rings (SSSR count). The van der Waals surface area contributed by atoms with Crippen LogP contribution in [0.2, 0.25) is 0 Å². The van der Waals surface area contributed by atoms with E-state index in [0.29, 0.717) is 19.7 Å². The van der Waals surface area contributed by atoms with Gasteiger partial charge in [-0.1, -0.05) is 18.2 Å². The van der Waals surface area contributed by atoms with E-state index in [0.717, 1.165) is 11.3 Å². The molecule has 1 fully saturated rings. The van der Waals surface area contributed by atoms with Crippen molar-refractivity contribution in [1.82, 2.24) is 9.88 Å². The molecule has 22 heavy (non-hydrogen) atoms. The average molecular weight is 300 g/mol. The van der Waals surface area contributed by atoms with Crippen LogP contribution >= 0.6 is 0 Å². The number of carbonyl (C=O) groups excluding carboxylic acids is 1. The van der Waals surface area contributed by atoms with Crippen LogP contribution in [0.4, 0.5) is 4.39 Å². The van der Waals surface area contributed by atoms with Crippen LogP contribution in [0.3, 0.4) is 0 Å². The Bertz CT molecular complexity index is 631. The number of rotatable bonds is 3. The third-order valence-corrected chi connectivity index (χ3v) is 3.71. The Hall–Kier alpha value is -2.27. The number of ether oxygens (including phenoxy) is 1. The maximum Gasteiger partial charge on any atom is 0.227 e. The molecule has 1 amide bonds. The molecule has 5 heteroatoms. The van der Waals surface area contributed by atoms with Crippen molar-refractivity contribution in [2.24, 2.45) is 0 Å². The molecule has 1 aliphatic heterocycles. The highest BCUT2D eigenvalue weighted by Crippen LogP contribution is 2.20. The highest BCUT2D eigenvalue weighted by molar-refractivity contribution is 5.78. The standard InChI is InChI=1S/C17H17FN2O2/c18-14-6-4-13(5-7-14)11-17(21)20-9-10-22-16(12-20)15-3-1-2-8-19-15/h1-8,16H,9-12H2/t16-/m1/s1. The van der Waals surface area contributed by atoms with Gasteiger partial charge >= 0.3 is 0 Å². The Kier molecular flexibility index (Phi) is 4.44. The van der Waals surface area contributed by atoms with Crippen LogP contribution in [-0.2, 0) is 16.0 Å². The van der Waals surface area contributed by atoms with Gasteiger partial charge in [-0.25, -0.2) is 4.39 Å². The maximum absolute atomic E-state index is 12.9. The molecule has 2 aromatic rings. The average Bonchev–Trinajstić information content (AvgIpc) is 2.58. The van der Waals surface area contributed by atoms with Gasteiger partial charge in [0.15, 0.2) is 0 Å². The van der Waals surface area contributed by atoms with Crippen LogP contribution in [0.5, 0.6) is 0 Å². The van der Waals surface area contributed by atoms with Crippen LogP contribution in [0.15, 0.2) is 48.7 Å². The zero-order valence-corrected chi connectivity index (χ0v) is 12.1. The van der Waals surface area contributed by atoms with E-state index in [9.17, 15) is 9.18 Å². The zero-order valence-electron chi connectivity index (χ0n) is 12.1. The second kappa shape index (κ2) is 6.66. The summed E-state index contributed by atoms with van der Waals surface area (Å²) >= 11 is 0. The first-order chi connectivity index (χ1) is 10.7. The van der Waals surface area contributed by atoms with Crippen molar-refractivity contribution in [2.75, 3.05) is 19.7 Å². The van der Waals surface area contributed by atoms with Gasteiger partial charge in [0.1, 0.15) is 11.9 Å². The van der Waals surface area contributed by atoms with Gasteiger partial charge < -0.3 is 9.64 Å². The molecular weight excluding hydrogens is 283 g/mol. The van der Waals surface area contributed by atoms with E-state index in [1.54, 1.807) is 23.2 Å². The number of carbonyl (C=O) groups is 1. The topological polar surface area (TPSA) is 42.4 Å². The normalized spacial score (nSPS) is 18.2. The molecule has 4 nitrogen and oxygen atoms in total. The van der Waals surface area contributed by atoms with Gasteiger partial charge in [0, 0.05) is 12.7 Å². The van der Waals surface area contributed by atoms with Gasteiger partial charge in [-0.05, 0) is 29.8 Å². The van der Waals surface area contributed by atoms with Crippen LogP contribution in [0.1, 0.15) is 17.4 Å². The lowest BCUT2D eigenvalue weighted by atomic mass is 10.1. The minimum Gasteiger partial charge on any atom is -0.368 e. The lowest BCUT2D eigenvalue weighted by Gasteiger charge is -2.32. The van der Waals surface area contributed by atoms with Crippen LogP contribution < -0.4 is 0 Å². The van der Waals surface area contributed by atoms with Gasteiger partial charge in [-0.2, -0.15) is 0 Å². The fourth-order valence-corrected chi connectivity index (χ4v) is 2.51. The van der Waals surface area contributed by atoms with E-state index in [1.807, 2.05) is 18.2 Å². The molecule has 0 saturated carbocycles. The van der Waals surface area contributed by atoms with E-state index in [1.165, 1.54) is 12.1 Å². The summed E-state index contributed by atoms with van der Waals surface area (Å²) in [4.78, 5) is 18.5. The first-order valence-corrected chi connectivity index (χ1v) is 7.27. The van der Waals surface area contributed by atoms with E-state index in [4.69, 9.17) is 4.74 Å². The second-order valence-electron chi connectivity index (χ2n) is 5.26. The van der Waals surface area contributed by atoms with Crippen molar-refractivity contribution < 1.29 is 13.9 Å². The summed E-state index contributed by atoms with van der Waals surface area (Å²) in [6.07, 6.45) is 1.81. The minimum atomic E-state index is -0.294. The van der Waals surface area contributed by atoms with E-state index in [2.05, 4.69) is 4.98 Å². The molecule has 0 bridgehead atoms. The van der Waals surface area contributed by atoms with Crippen LogP contribution in [0, 0.1) is 5.82 Å². The number of nitrogens with zero attached hydrogens (tertiary/aromatic N) is 2. The number of amides is 1. The van der Waals surface area contributed by atoms with Crippen molar-refractivity contribution in [3.63, 3.8) is 0 Å². The third-order valence-electron chi connectivity index (χ3n) is 3.71. The van der Waals surface area contributed by atoms with Crippen molar-refractivity contribution in [2.45, 2.75) is 12.5 Å². The number of hydrogen-bond acceptors (Lipinski definition) is 3. The Balaban J connectivity index is 1.64. The monoisotopic (exact) mass is 300 g/mol. The van der Waals surface area contributed by atoms with Crippen molar-refractivity contribution in [1.29, 1.82) is 0 Å². The molecule has 0 N–H and O–H groups in total. The molecule has 1 atom stereocenters. The predicted molar refractivity (Wildman–Crippen MR) is 79.6 cm³/mol. The molecule has 0 unspecified atom stereocenters. The van der Waals surface area contributed by atoms with E-state index in [-0.39, 0.29) is 24.2 Å². The molecule has 0 spiro atoms. The summed E-state index contributed by atoms with van der Waals surface area (Å²) in [7, 11) is 0. The fraction of sp³-hybridized carbons (Fsp3) is 0.294. The van der Waals surface area contributed by atoms with Crippen molar-refractivity contribution >= 4 is 5.91 Å². The van der Waals surface area contributed by atoms with Crippen LogP contribution in [0.25, 0.3) is 0 Å². The SMILES string of the molecule is O=C(Cc1ccc(F)cc1)N1CCO[C@@H](c2ccccn2)C1. The largest absolute Gasteiger partial charge is 0.368 e. The van der Waals surface area contributed by atoms with Gasteiger partial charge in [0.05, 0.1) is 25.3 Å². The Labute approximate surface area is 128 Å². The molecule has 0 radical (unpaired) electrons. The molecule has 0 aliphatic carbocycles. The summed E-state index contributed by atoms with van der Waals surface area (Å²) in [6.45, 7) is 1.57. The summed E-state index contributed by atoms with van der Waals surface area (Å²) in [5, 5.41) is 0. The number of hydrogen-bond donors (Lipinski definition) is 0. The van der Waals surface area contributed by atoms with Crippen molar-refractivity contribution in [3.8, 4) is 0 Å². The predicted octanol–water partition coefficient (Wildman–Crippen LogP) is 2.36. The Morgan fingerprint density at radius 2 is 2.09 bits per heavy atom. The minimum absolute atomic E-state index is 0.0239. The smallest absolute Gasteiger partial charge is 0.227 e. The molecular formula is C17H17FN2O2. The number of benzene rings is 1. The lowest BCUT2D eigenvalue weighted by Crippen LogP contribution is -2.43. The summed E-state index contributed by atoms with van der Waals surface area (Å²) < 4.78 is 18.6. The fourth-order valence-electron chi connectivity index (χ4n) is 2.51. The van der Waals surface area contributed by atoms with Crippen molar-refractivity contribution in [3.05, 3.63) is 65.7 Å². The molecule has 1 aromatic heterocycles. The van der Waals surface area contributed by atoms with Gasteiger partial charge in [-0.3, -0.25) is 9.78 Å². The van der Waals surface area contributed by atoms with E-state index >= 15 is 0 Å². The molecule has 114 valence electrons. The molecule has 1 saturated heterocycles. The number of aromatic nitrogens is 1. The lowest BCUT2D eigenvalue weighted by molar-refractivity contribution is -0.138. The molecule has 2 heterocycles. The zero-order chi connectivity index (χ0) is 15.4. The highest BCUT2D eigenvalue weighted by atomic mass is 19.1. The second-order valence-corrected chi connectivity index (χ2v) is 5.26. The molecule has 1 aliphatic rings. The highest BCUT2D eigenvalue weighted by Gasteiger charge is 2.26. The van der Waals surface area contributed by atoms with Gasteiger partial charge in [0.2, 0.25) is 5.91 Å². The number of pyridine rings is 1. The summed E-state index contributed by atoms with van der Waals surface area (Å²) in [6, 6.07) is 11.7. The Morgan fingerprint density at radius 1 is 1.27 bits per heavy atom. The molecule has 1 aromatic carbocycles. The Morgan fingerprint density at radius 3 is 2.82 bits per heavy atom. The first kappa shape index (κ1) is 14.7. The van der Waals surface area contributed by atoms with Gasteiger partial charge in [0.25, 0.3) is 0 Å². The van der Waals surface area contributed by atoms with Gasteiger partial charge in [-0.15, -0.1) is 0 Å². The first-order valence-electron chi connectivity index (χ1n) is 7.27. The maximum atomic E-state index is 12.9.